The van der Waals surface area contributed by atoms with E-state index in [9.17, 15) is 9.90 Å². The van der Waals surface area contributed by atoms with E-state index < -0.39 is 0 Å². The fourth-order valence-electron chi connectivity index (χ4n) is 2.62. The zero-order valence-corrected chi connectivity index (χ0v) is 12.1. The molecule has 1 aliphatic carbocycles. The Morgan fingerprint density at radius 2 is 2.00 bits per heavy atom. The van der Waals surface area contributed by atoms with E-state index in [0.29, 0.717) is 16.5 Å². The van der Waals surface area contributed by atoms with E-state index in [1.54, 1.807) is 6.07 Å². The van der Waals surface area contributed by atoms with Gasteiger partial charge in [0.15, 0.2) is 0 Å². The van der Waals surface area contributed by atoms with E-state index in [4.69, 9.17) is 16.7 Å². The zero-order chi connectivity index (χ0) is 14.5. The first kappa shape index (κ1) is 15.1. The fraction of sp³-hybridized carbons (Fsp3) is 0.533. The third kappa shape index (κ3) is 4.12. The zero-order valence-electron chi connectivity index (χ0n) is 11.3. The molecule has 0 spiro atoms. The highest BCUT2D eigenvalue weighted by Crippen LogP contribution is 2.24. The molecule has 1 aromatic carbocycles. The van der Waals surface area contributed by atoms with Gasteiger partial charge in [-0.3, -0.25) is 4.79 Å². The average molecular weight is 298 g/mol. The van der Waals surface area contributed by atoms with Crippen LogP contribution in [0.4, 0.5) is 0 Å². The van der Waals surface area contributed by atoms with Crippen LogP contribution in [0.3, 0.4) is 0 Å². The number of halogens is 1. The van der Waals surface area contributed by atoms with Crippen molar-refractivity contribution in [2.45, 2.75) is 38.1 Å². The summed E-state index contributed by atoms with van der Waals surface area (Å²) >= 11 is 5.99. The minimum Gasteiger partial charge on any atom is -0.508 e. The second-order valence-electron chi connectivity index (χ2n) is 5.42. The van der Waals surface area contributed by atoms with Crippen LogP contribution in [-0.2, 0) is 11.2 Å². The summed E-state index contributed by atoms with van der Waals surface area (Å²) in [4.78, 5) is 12.0. The highest BCUT2D eigenvalue weighted by atomic mass is 35.5. The van der Waals surface area contributed by atoms with E-state index in [1.807, 2.05) is 0 Å². The molecule has 0 radical (unpaired) electrons. The lowest BCUT2D eigenvalue weighted by atomic mass is 9.86. The van der Waals surface area contributed by atoms with Crippen molar-refractivity contribution in [3.8, 4) is 5.75 Å². The van der Waals surface area contributed by atoms with Gasteiger partial charge in [-0.25, -0.2) is 0 Å². The quantitative estimate of drug-likeness (QED) is 0.798. The van der Waals surface area contributed by atoms with Crippen LogP contribution in [0, 0.1) is 5.92 Å². The molecule has 1 aromatic rings. The maximum Gasteiger partial charge on any atom is 0.224 e. The van der Waals surface area contributed by atoms with Gasteiger partial charge >= 0.3 is 0 Å². The van der Waals surface area contributed by atoms with Crippen LogP contribution in [0.1, 0.15) is 31.2 Å². The van der Waals surface area contributed by atoms with Crippen molar-refractivity contribution in [1.29, 1.82) is 0 Å². The summed E-state index contributed by atoms with van der Waals surface area (Å²) in [5, 5.41) is 21.8. The molecular formula is C15H20ClNO3. The summed E-state index contributed by atoms with van der Waals surface area (Å²) in [6, 6.07) is 4.83. The topological polar surface area (TPSA) is 69.6 Å². The number of nitrogens with one attached hydrogen (secondary N) is 1. The van der Waals surface area contributed by atoms with Crippen LogP contribution in [-0.4, -0.2) is 28.8 Å². The third-order valence-electron chi connectivity index (χ3n) is 3.86. The molecule has 0 aromatic heterocycles. The SMILES string of the molecule is O=C(Cc1ccc(O)cc1Cl)NC1CCC(CO)CC1. The van der Waals surface area contributed by atoms with Gasteiger partial charge in [-0.2, -0.15) is 0 Å². The lowest BCUT2D eigenvalue weighted by molar-refractivity contribution is -0.121. The van der Waals surface area contributed by atoms with Gasteiger partial charge in [-0.15, -0.1) is 0 Å². The molecule has 0 atom stereocenters. The molecule has 0 aliphatic heterocycles. The van der Waals surface area contributed by atoms with Gasteiger partial charge in [0, 0.05) is 17.7 Å². The number of aliphatic hydroxyl groups excluding tert-OH is 1. The Bertz CT molecular complexity index is 470. The van der Waals surface area contributed by atoms with Crippen molar-refractivity contribution in [3.05, 3.63) is 28.8 Å². The minimum atomic E-state index is -0.0509. The van der Waals surface area contributed by atoms with Crippen molar-refractivity contribution in [2.75, 3.05) is 6.61 Å². The van der Waals surface area contributed by atoms with Gasteiger partial charge < -0.3 is 15.5 Å². The summed E-state index contributed by atoms with van der Waals surface area (Å²) < 4.78 is 0. The number of hydrogen-bond acceptors (Lipinski definition) is 3. The molecule has 3 N–H and O–H groups in total. The predicted octanol–water partition coefficient (Wildman–Crippen LogP) is 2.26. The van der Waals surface area contributed by atoms with Gasteiger partial charge in [-0.05, 0) is 49.3 Å². The number of amides is 1. The minimum absolute atomic E-state index is 0.0509. The number of hydrogen-bond donors (Lipinski definition) is 3. The molecule has 0 bridgehead atoms. The number of phenolic OH excluding ortho intramolecular Hbond substituents is 1. The van der Waals surface area contributed by atoms with Crippen LogP contribution in [0.15, 0.2) is 18.2 Å². The maximum atomic E-state index is 12.0. The lowest BCUT2D eigenvalue weighted by Gasteiger charge is -2.28. The number of benzene rings is 1. The normalized spacial score (nSPS) is 22.5. The van der Waals surface area contributed by atoms with E-state index >= 15 is 0 Å². The molecule has 1 saturated carbocycles. The van der Waals surface area contributed by atoms with Crippen molar-refractivity contribution in [1.82, 2.24) is 5.32 Å². The van der Waals surface area contributed by atoms with Crippen LogP contribution in [0.5, 0.6) is 5.75 Å². The van der Waals surface area contributed by atoms with Crippen molar-refractivity contribution in [2.24, 2.45) is 5.92 Å². The van der Waals surface area contributed by atoms with Crippen LogP contribution in [0.25, 0.3) is 0 Å². The average Bonchev–Trinajstić information content (AvgIpc) is 2.43. The Morgan fingerprint density at radius 1 is 1.30 bits per heavy atom. The molecule has 20 heavy (non-hydrogen) atoms. The van der Waals surface area contributed by atoms with Gasteiger partial charge in [0.1, 0.15) is 5.75 Å². The number of phenols is 1. The van der Waals surface area contributed by atoms with Gasteiger partial charge in [0.2, 0.25) is 5.91 Å². The Hall–Kier alpha value is -1.26. The molecule has 2 rings (SSSR count). The first-order valence-corrected chi connectivity index (χ1v) is 7.34. The number of rotatable bonds is 4. The summed E-state index contributed by atoms with van der Waals surface area (Å²) in [5.74, 6) is 0.432. The Labute approximate surface area is 123 Å². The number of carbonyl (C=O) groups is 1. The molecule has 5 heteroatoms. The summed E-state index contributed by atoms with van der Waals surface area (Å²) in [6.45, 7) is 0.240. The van der Waals surface area contributed by atoms with E-state index in [-0.39, 0.29) is 30.7 Å². The van der Waals surface area contributed by atoms with Crippen molar-refractivity contribution in [3.63, 3.8) is 0 Å². The summed E-state index contributed by atoms with van der Waals surface area (Å²) in [7, 11) is 0. The Morgan fingerprint density at radius 3 is 2.60 bits per heavy atom. The largest absolute Gasteiger partial charge is 0.508 e. The van der Waals surface area contributed by atoms with Crippen LogP contribution in [0.2, 0.25) is 5.02 Å². The van der Waals surface area contributed by atoms with E-state index in [2.05, 4.69) is 5.32 Å². The smallest absolute Gasteiger partial charge is 0.224 e. The summed E-state index contributed by atoms with van der Waals surface area (Å²) in [5.41, 5.74) is 0.714. The standard InChI is InChI=1S/C15H20ClNO3/c16-14-8-13(19)6-3-11(14)7-15(20)17-12-4-1-10(9-18)2-5-12/h3,6,8,10,12,18-19H,1-2,4-5,7,9H2,(H,17,20). The maximum absolute atomic E-state index is 12.0. The Kier molecular flexibility index (Phi) is 5.26. The van der Waals surface area contributed by atoms with Crippen molar-refractivity contribution < 1.29 is 15.0 Å². The van der Waals surface area contributed by atoms with Gasteiger partial charge in [0.25, 0.3) is 0 Å². The molecular weight excluding hydrogens is 278 g/mol. The number of aliphatic hydroxyl groups is 1. The highest BCUT2D eigenvalue weighted by Gasteiger charge is 2.22. The molecule has 0 saturated heterocycles. The molecule has 0 heterocycles. The fourth-order valence-corrected chi connectivity index (χ4v) is 2.86. The number of aromatic hydroxyl groups is 1. The van der Waals surface area contributed by atoms with E-state index in [1.165, 1.54) is 12.1 Å². The first-order valence-electron chi connectivity index (χ1n) is 6.96. The molecule has 1 amide bonds. The van der Waals surface area contributed by atoms with Crippen LogP contribution < -0.4 is 5.32 Å². The molecule has 110 valence electrons. The van der Waals surface area contributed by atoms with Gasteiger partial charge in [0.05, 0.1) is 6.42 Å². The molecule has 4 nitrogen and oxygen atoms in total. The molecule has 1 fully saturated rings. The molecule has 1 aliphatic rings. The third-order valence-corrected chi connectivity index (χ3v) is 4.21. The van der Waals surface area contributed by atoms with Gasteiger partial charge in [-0.1, -0.05) is 17.7 Å². The van der Waals surface area contributed by atoms with Crippen LogP contribution >= 0.6 is 11.6 Å². The summed E-state index contributed by atoms with van der Waals surface area (Å²) in [6.07, 6.45) is 3.97. The second-order valence-corrected chi connectivity index (χ2v) is 5.83. The highest BCUT2D eigenvalue weighted by molar-refractivity contribution is 6.31. The Balaban J connectivity index is 1.84. The number of carbonyl (C=O) groups excluding carboxylic acids is 1. The molecule has 0 unspecified atom stereocenters. The van der Waals surface area contributed by atoms with Crippen molar-refractivity contribution >= 4 is 17.5 Å². The van der Waals surface area contributed by atoms with E-state index in [0.717, 1.165) is 25.7 Å². The first-order chi connectivity index (χ1) is 9.58. The monoisotopic (exact) mass is 297 g/mol. The second kappa shape index (κ2) is 6.95. The lowest BCUT2D eigenvalue weighted by Crippen LogP contribution is -2.38. The predicted molar refractivity (Wildman–Crippen MR) is 77.8 cm³/mol.